The molecule has 1 aliphatic rings. The minimum Gasteiger partial charge on any atom is -0.346 e. The van der Waals surface area contributed by atoms with Gasteiger partial charge in [-0.3, -0.25) is 0 Å². The first kappa shape index (κ1) is 10.5. The quantitative estimate of drug-likeness (QED) is 0.612. The molecule has 0 atom stereocenters. The van der Waals surface area contributed by atoms with E-state index in [1.807, 2.05) is 6.07 Å². The van der Waals surface area contributed by atoms with Gasteiger partial charge in [-0.2, -0.15) is 4.99 Å². The lowest BCUT2D eigenvalue weighted by molar-refractivity contribution is -0.0441. The highest BCUT2D eigenvalue weighted by atomic mass is 79.9. The van der Waals surface area contributed by atoms with E-state index in [0.29, 0.717) is 18.9 Å². The second-order valence-corrected chi connectivity index (χ2v) is 3.94. The van der Waals surface area contributed by atoms with Crippen LogP contribution in [-0.4, -0.2) is 19.3 Å². The van der Waals surface area contributed by atoms with E-state index in [4.69, 9.17) is 9.47 Å². The first-order valence-electron chi connectivity index (χ1n) is 4.41. The van der Waals surface area contributed by atoms with E-state index in [1.165, 1.54) is 6.08 Å². The summed E-state index contributed by atoms with van der Waals surface area (Å²) in [7, 11) is 0. The molecule has 1 saturated heterocycles. The van der Waals surface area contributed by atoms with Crippen molar-refractivity contribution in [2.45, 2.75) is 6.29 Å². The highest BCUT2D eigenvalue weighted by Crippen LogP contribution is 2.29. The summed E-state index contributed by atoms with van der Waals surface area (Å²) >= 11 is 3.33. The molecule has 0 bridgehead atoms. The number of benzene rings is 1. The zero-order valence-electron chi connectivity index (χ0n) is 7.77. The van der Waals surface area contributed by atoms with Gasteiger partial charge in [-0.15, -0.1) is 0 Å². The van der Waals surface area contributed by atoms with E-state index in [-0.39, 0.29) is 6.29 Å². The third kappa shape index (κ3) is 2.52. The molecule has 1 aromatic rings. The van der Waals surface area contributed by atoms with Crippen LogP contribution in [0, 0.1) is 0 Å². The van der Waals surface area contributed by atoms with Crippen molar-refractivity contribution in [3.63, 3.8) is 0 Å². The Morgan fingerprint density at radius 2 is 2.07 bits per heavy atom. The number of halogens is 1. The average Bonchev–Trinajstić information content (AvgIpc) is 2.70. The van der Waals surface area contributed by atoms with E-state index < -0.39 is 0 Å². The summed E-state index contributed by atoms with van der Waals surface area (Å²) in [5.74, 6) is 0. The van der Waals surface area contributed by atoms with Gasteiger partial charge < -0.3 is 9.47 Å². The molecule has 0 aromatic heterocycles. The van der Waals surface area contributed by atoms with Crippen LogP contribution in [-0.2, 0) is 14.3 Å². The van der Waals surface area contributed by atoms with Crippen LogP contribution < -0.4 is 0 Å². The maximum absolute atomic E-state index is 10.1. The fourth-order valence-corrected chi connectivity index (χ4v) is 1.90. The lowest BCUT2D eigenvalue weighted by Gasteiger charge is -2.09. The van der Waals surface area contributed by atoms with Crippen molar-refractivity contribution >= 4 is 27.7 Å². The van der Waals surface area contributed by atoms with Crippen molar-refractivity contribution in [2.24, 2.45) is 4.99 Å². The molecule has 1 aromatic carbocycles. The Balaban J connectivity index is 2.33. The van der Waals surface area contributed by atoms with Crippen molar-refractivity contribution in [1.29, 1.82) is 0 Å². The molecular weight excluding hydrogens is 262 g/mol. The zero-order chi connectivity index (χ0) is 10.7. The van der Waals surface area contributed by atoms with Crippen LogP contribution in [0.4, 0.5) is 5.69 Å². The fourth-order valence-electron chi connectivity index (χ4n) is 1.40. The third-order valence-corrected chi connectivity index (χ3v) is 2.43. The molecule has 0 N–H and O–H groups in total. The number of hydrogen-bond donors (Lipinski definition) is 0. The number of nitrogens with zero attached hydrogens (tertiary/aromatic N) is 1. The van der Waals surface area contributed by atoms with Gasteiger partial charge in [-0.05, 0) is 18.2 Å². The summed E-state index contributed by atoms with van der Waals surface area (Å²) in [6, 6.07) is 5.34. The summed E-state index contributed by atoms with van der Waals surface area (Å²) in [4.78, 5) is 13.7. The fraction of sp³-hybridized carbons (Fsp3) is 0.300. The maximum Gasteiger partial charge on any atom is 0.240 e. The highest BCUT2D eigenvalue weighted by Gasteiger charge is 2.18. The Morgan fingerprint density at radius 1 is 1.33 bits per heavy atom. The van der Waals surface area contributed by atoms with E-state index in [2.05, 4.69) is 20.9 Å². The van der Waals surface area contributed by atoms with Gasteiger partial charge in [0.05, 0.1) is 18.9 Å². The van der Waals surface area contributed by atoms with Gasteiger partial charge in [0.25, 0.3) is 0 Å². The molecule has 2 rings (SSSR count). The third-order valence-electron chi connectivity index (χ3n) is 1.97. The average molecular weight is 270 g/mol. The lowest BCUT2D eigenvalue weighted by atomic mass is 10.2. The van der Waals surface area contributed by atoms with Gasteiger partial charge in [-0.1, -0.05) is 15.9 Å². The van der Waals surface area contributed by atoms with Crippen LogP contribution in [0.15, 0.2) is 27.7 Å². The predicted octanol–water partition coefficient (Wildman–Crippen LogP) is 2.46. The van der Waals surface area contributed by atoms with Gasteiger partial charge in [-0.25, -0.2) is 4.79 Å². The highest BCUT2D eigenvalue weighted by molar-refractivity contribution is 9.10. The number of rotatable bonds is 2. The van der Waals surface area contributed by atoms with Gasteiger partial charge in [0.2, 0.25) is 6.08 Å². The first-order valence-corrected chi connectivity index (χ1v) is 5.20. The Kier molecular flexibility index (Phi) is 3.28. The topological polar surface area (TPSA) is 47.9 Å². The summed E-state index contributed by atoms with van der Waals surface area (Å²) in [5.41, 5.74) is 1.38. The van der Waals surface area contributed by atoms with Crippen LogP contribution in [0.2, 0.25) is 0 Å². The summed E-state index contributed by atoms with van der Waals surface area (Å²) in [5, 5.41) is 0. The molecule has 4 nitrogen and oxygen atoms in total. The molecule has 0 amide bonds. The number of aliphatic imine (C=N–C) groups is 1. The number of ether oxygens (including phenoxy) is 2. The second-order valence-electron chi connectivity index (χ2n) is 3.02. The summed E-state index contributed by atoms with van der Waals surface area (Å²) < 4.78 is 11.5. The molecule has 0 saturated carbocycles. The van der Waals surface area contributed by atoms with Crippen LogP contribution >= 0.6 is 15.9 Å². The Hall–Kier alpha value is -1.00. The van der Waals surface area contributed by atoms with Crippen molar-refractivity contribution in [3.8, 4) is 0 Å². The van der Waals surface area contributed by atoms with Crippen molar-refractivity contribution in [2.75, 3.05) is 13.2 Å². The minimum atomic E-state index is -0.358. The molecule has 15 heavy (non-hydrogen) atoms. The van der Waals surface area contributed by atoms with Gasteiger partial charge in [0.1, 0.15) is 0 Å². The molecule has 0 spiro atoms. The molecule has 0 radical (unpaired) electrons. The lowest BCUT2D eigenvalue weighted by Crippen LogP contribution is -1.97. The van der Waals surface area contributed by atoms with Gasteiger partial charge >= 0.3 is 0 Å². The van der Waals surface area contributed by atoms with E-state index >= 15 is 0 Å². The molecule has 0 aliphatic carbocycles. The Bertz CT molecular complexity index is 409. The SMILES string of the molecule is O=C=Nc1cc(Br)cc(C2OCCO2)c1. The van der Waals surface area contributed by atoms with Crippen LogP contribution in [0.3, 0.4) is 0 Å². The van der Waals surface area contributed by atoms with Crippen molar-refractivity contribution < 1.29 is 14.3 Å². The number of isocyanates is 1. The van der Waals surface area contributed by atoms with Gasteiger partial charge in [0.15, 0.2) is 6.29 Å². The Labute approximate surface area is 95.0 Å². The van der Waals surface area contributed by atoms with E-state index in [1.54, 1.807) is 12.1 Å². The van der Waals surface area contributed by atoms with Crippen molar-refractivity contribution in [1.82, 2.24) is 0 Å². The zero-order valence-corrected chi connectivity index (χ0v) is 9.36. The van der Waals surface area contributed by atoms with E-state index in [9.17, 15) is 4.79 Å². The number of carbonyl (C=O) groups excluding carboxylic acids is 1. The second kappa shape index (κ2) is 4.68. The largest absolute Gasteiger partial charge is 0.346 e. The van der Waals surface area contributed by atoms with Crippen molar-refractivity contribution in [3.05, 3.63) is 28.2 Å². The Morgan fingerprint density at radius 3 is 2.73 bits per heavy atom. The minimum absolute atomic E-state index is 0.358. The first-order chi connectivity index (χ1) is 7.29. The summed E-state index contributed by atoms with van der Waals surface area (Å²) in [6.45, 7) is 1.17. The maximum atomic E-state index is 10.1. The molecule has 1 fully saturated rings. The van der Waals surface area contributed by atoms with Gasteiger partial charge in [0, 0.05) is 10.0 Å². The normalized spacial score (nSPS) is 16.3. The molecule has 1 aliphatic heterocycles. The predicted molar refractivity (Wildman–Crippen MR) is 56.6 cm³/mol. The molecular formula is C10H8BrNO3. The summed E-state index contributed by atoms with van der Waals surface area (Å²) in [6.07, 6.45) is 1.14. The number of hydrogen-bond acceptors (Lipinski definition) is 4. The standard InChI is InChI=1S/C10H8BrNO3/c11-8-3-7(10-14-1-2-15-10)4-9(5-8)12-6-13/h3-5,10H,1-2H2. The van der Waals surface area contributed by atoms with Crippen LogP contribution in [0.5, 0.6) is 0 Å². The molecule has 5 heteroatoms. The molecule has 78 valence electrons. The molecule has 1 heterocycles. The van der Waals surface area contributed by atoms with Crippen LogP contribution in [0.25, 0.3) is 0 Å². The monoisotopic (exact) mass is 269 g/mol. The smallest absolute Gasteiger partial charge is 0.240 e. The molecule has 0 unspecified atom stereocenters. The van der Waals surface area contributed by atoms with E-state index in [0.717, 1.165) is 10.0 Å². The van der Waals surface area contributed by atoms with Crippen LogP contribution in [0.1, 0.15) is 11.9 Å².